The molecule has 2 N–H and O–H groups in total. The second kappa shape index (κ2) is 10.4. The van der Waals surface area contributed by atoms with Crippen molar-refractivity contribution in [1.82, 2.24) is 0 Å². The van der Waals surface area contributed by atoms with Crippen LogP contribution in [0.15, 0.2) is 67.8 Å². The lowest BCUT2D eigenvalue weighted by Crippen LogP contribution is -2.61. The lowest BCUT2D eigenvalue weighted by molar-refractivity contribution is -0.293. The van der Waals surface area contributed by atoms with E-state index in [1.807, 2.05) is 31.2 Å². The van der Waals surface area contributed by atoms with Gasteiger partial charge < -0.3 is 19.7 Å². The molecule has 0 aliphatic carbocycles. The summed E-state index contributed by atoms with van der Waals surface area (Å²) < 4.78 is 26.2. The van der Waals surface area contributed by atoms with Crippen LogP contribution in [0.5, 0.6) is 5.75 Å². The SMILES string of the molecule is C=CCC1(CC=C)O[C@@H](Oc2ccc(CCC)c(-c3cccc(F)c3)c2)[C@H](O)[C@H](O)[C@H]1C. The number of hydrogen-bond acceptors (Lipinski definition) is 4. The minimum absolute atomic E-state index is 0.307. The van der Waals surface area contributed by atoms with Gasteiger partial charge in [0.05, 0.1) is 11.7 Å². The first-order valence-electron chi connectivity index (χ1n) is 11.2. The standard InChI is InChI=1S/C27H33FO4/c1-5-9-19-12-13-22(17-23(19)20-10-8-11-21(28)16-20)31-26-25(30)24(29)18(4)27(32-26,14-6-2)15-7-3/h6-8,10-13,16-18,24-26,29-30H,2-3,5,9,14-15H2,1,4H3/t18-,24-,25-,26-/m1/s1. The number of aliphatic hydroxyl groups excluding tert-OH is 2. The van der Waals surface area contributed by atoms with Crippen molar-refractivity contribution in [3.8, 4) is 16.9 Å². The summed E-state index contributed by atoms with van der Waals surface area (Å²) in [5, 5.41) is 21.4. The van der Waals surface area contributed by atoms with Crippen LogP contribution < -0.4 is 4.74 Å². The zero-order valence-corrected chi connectivity index (χ0v) is 18.8. The highest BCUT2D eigenvalue weighted by atomic mass is 19.1. The molecule has 0 bridgehead atoms. The molecule has 4 nitrogen and oxygen atoms in total. The van der Waals surface area contributed by atoms with Crippen molar-refractivity contribution >= 4 is 0 Å². The molecule has 4 atom stereocenters. The van der Waals surface area contributed by atoms with Crippen molar-refractivity contribution in [2.24, 2.45) is 5.92 Å². The first-order valence-corrected chi connectivity index (χ1v) is 11.2. The van der Waals surface area contributed by atoms with E-state index < -0.39 is 24.1 Å². The monoisotopic (exact) mass is 440 g/mol. The maximum Gasteiger partial charge on any atom is 0.229 e. The van der Waals surface area contributed by atoms with E-state index in [2.05, 4.69) is 20.1 Å². The van der Waals surface area contributed by atoms with Crippen LogP contribution >= 0.6 is 0 Å². The number of aryl methyl sites for hydroxylation is 1. The van der Waals surface area contributed by atoms with Crippen molar-refractivity contribution in [2.75, 3.05) is 0 Å². The van der Waals surface area contributed by atoms with E-state index in [4.69, 9.17) is 9.47 Å². The van der Waals surface area contributed by atoms with Crippen molar-refractivity contribution < 1.29 is 24.1 Å². The zero-order valence-electron chi connectivity index (χ0n) is 18.8. The highest BCUT2D eigenvalue weighted by Crippen LogP contribution is 2.41. The Kier molecular flexibility index (Phi) is 7.88. The first-order chi connectivity index (χ1) is 15.3. The smallest absolute Gasteiger partial charge is 0.229 e. The number of halogens is 1. The molecule has 0 spiro atoms. The van der Waals surface area contributed by atoms with Gasteiger partial charge in [0.2, 0.25) is 6.29 Å². The number of rotatable bonds is 9. The Labute approximate surface area is 190 Å². The molecular weight excluding hydrogens is 407 g/mol. The quantitative estimate of drug-likeness (QED) is 0.511. The Morgan fingerprint density at radius 1 is 1.09 bits per heavy atom. The molecule has 2 aromatic carbocycles. The predicted octanol–water partition coefficient (Wildman–Crippen LogP) is 5.43. The molecule has 1 saturated heterocycles. The van der Waals surface area contributed by atoms with Crippen LogP contribution in [-0.4, -0.2) is 34.3 Å². The zero-order chi connectivity index (χ0) is 23.3. The summed E-state index contributed by atoms with van der Waals surface area (Å²) in [5.74, 6) is -0.179. The topological polar surface area (TPSA) is 58.9 Å². The summed E-state index contributed by atoms with van der Waals surface area (Å²) in [6.07, 6.45) is 2.90. The van der Waals surface area contributed by atoms with Gasteiger partial charge in [-0.15, -0.1) is 13.2 Å². The summed E-state index contributed by atoms with van der Waals surface area (Å²) >= 11 is 0. The van der Waals surface area contributed by atoms with Crippen LogP contribution in [0.2, 0.25) is 0 Å². The second-order valence-corrected chi connectivity index (χ2v) is 8.50. The van der Waals surface area contributed by atoms with Gasteiger partial charge in [0, 0.05) is 5.92 Å². The van der Waals surface area contributed by atoms with Crippen LogP contribution in [0.25, 0.3) is 11.1 Å². The molecule has 0 amide bonds. The molecule has 1 aliphatic heterocycles. The number of ether oxygens (including phenoxy) is 2. The molecule has 2 aromatic rings. The van der Waals surface area contributed by atoms with E-state index in [-0.39, 0.29) is 11.7 Å². The summed E-state index contributed by atoms with van der Waals surface area (Å²) in [6.45, 7) is 11.6. The minimum Gasteiger partial charge on any atom is -0.462 e. The molecule has 0 aromatic heterocycles. The second-order valence-electron chi connectivity index (χ2n) is 8.50. The summed E-state index contributed by atoms with van der Waals surface area (Å²) in [4.78, 5) is 0. The Morgan fingerprint density at radius 2 is 1.81 bits per heavy atom. The van der Waals surface area contributed by atoms with Crippen molar-refractivity contribution in [3.63, 3.8) is 0 Å². The van der Waals surface area contributed by atoms with Gasteiger partial charge in [-0.25, -0.2) is 4.39 Å². The fourth-order valence-corrected chi connectivity index (χ4v) is 4.49. The molecule has 1 heterocycles. The number of aliphatic hydroxyl groups is 2. The maximum absolute atomic E-state index is 13.9. The van der Waals surface area contributed by atoms with Crippen molar-refractivity contribution in [3.05, 3.63) is 79.2 Å². The molecule has 5 heteroatoms. The maximum atomic E-state index is 13.9. The van der Waals surface area contributed by atoms with Gasteiger partial charge in [0.1, 0.15) is 17.7 Å². The van der Waals surface area contributed by atoms with Gasteiger partial charge >= 0.3 is 0 Å². The molecule has 0 unspecified atom stereocenters. The lowest BCUT2D eigenvalue weighted by Gasteiger charge is -2.49. The van der Waals surface area contributed by atoms with Gasteiger partial charge in [0.25, 0.3) is 0 Å². The van der Waals surface area contributed by atoms with Gasteiger partial charge in [-0.2, -0.15) is 0 Å². The molecular formula is C27H33FO4. The molecule has 32 heavy (non-hydrogen) atoms. The normalized spacial score (nSPS) is 24.7. The molecule has 3 rings (SSSR count). The summed E-state index contributed by atoms with van der Waals surface area (Å²) in [5.41, 5.74) is 1.93. The van der Waals surface area contributed by atoms with Gasteiger partial charge in [0.15, 0.2) is 0 Å². The summed E-state index contributed by atoms with van der Waals surface area (Å²) in [7, 11) is 0. The number of benzene rings is 2. The molecule has 0 saturated carbocycles. The van der Waals surface area contributed by atoms with Crippen LogP contribution in [0, 0.1) is 11.7 Å². The van der Waals surface area contributed by atoms with E-state index in [0.717, 1.165) is 29.5 Å². The predicted molar refractivity (Wildman–Crippen MR) is 125 cm³/mol. The van der Waals surface area contributed by atoms with E-state index in [1.165, 1.54) is 12.1 Å². The highest BCUT2D eigenvalue weighted by Gasteiger charge is 2.51. The first kappa shape index (κ1) is 24.2. The van der Waals surface area contributed by atoms with E-state index in [9.17, 15) is 14.6 Å². The summed E-state index contributed by atoms with van der Waals surface area (Å²) in [6, 6.07) is 12.1. The lowest BCUT2D eigenvalue weighted by atomic mass is 9.75. The Balaban J connectivity index is 1.95. The molecule has 1 aliphatic rings. The van der Waals surface area contributed by atoms with Crippen LogP contribution in [0.1, 0.15) is 38.7 Å². The van der Waals surface area contributed by atoms with Gasteiger partial charge in [-0.3, -0.25) is 0 Å². The third-order valence-electron chi connectivity index (χ3n) is 6.29. The van der Waals surface area contributed by atoms with Crippen LogP contribution in [-0.2, 0) is 11.2 Å². The number of hydrogen-bond donors (Lipinski definition) is 2. The van der Waals surface area contributed by atoms with E-state index >= 15 is 0 Å². The van der Waals surface area contributed by atoms with E-state index in [1.54, 1.807) is 18.2 Å². The van der Waals surface area contributed by atoms with Crippen molar-refractivity contribution in [1.29, 1.82) is 0 Å². The Hall–Kier alpha value is -2.47. The largest absolute Gasteiger partial charge is 0.462 e. The Bertz CT molecular complexity index is 931. The third kappa shape index (κ3) is 4.96. The minimum atomic E-state index is -1.22. The fraction of sp³-hybridized carbons (Fsp3) is 0.407. The Morgan fingerprint density at radius 3 is 2.44 bits per heavy atom. The molecule has 1 fully saturated rings. The van der Waals surface area contributed by atoms with Crippen LogP contribution in [0.4, 0.5) is 4.39 Å². The average molecular weight is 441 g/mol. The fourth-order valence-electron chi connectivity index (χ4n) is 4.49. The molecule has 172 valence electrons. The van der Waals surface area contributed by atoms with Crippen LogP contribution in [0.3, 0.4) is 0 Å². The van der Waals surface area contributed by atoms with Crippen molar-refractivity contribution in [2.45, 2.75) is 63.6 Å². The molecule has 0 radical (unpaired) electrons. The van der Waals surface area contributed by atoms with E-state index in [0.29, 0.717) is 18.6 Å². The average Bonchev–Trinajstić information content (AvgIpc) is 2.77. The third-order valence-corrected chi connectivity index (χ3v) is 6.29. The van der Waals surface area contributed by atoms with Gasteiger partial charge in [-0.05, 0) is 60.2 Å². The van der Waals surface area contributed by atoms with Gasteiger partial charge in [-0.1, -0.05) is 50.6 Å². The highest BCUT2D eigenvalue weighted by molar-refractivity contribution is 5.69.